The van der Waals surface area contributed by atoms with Crippen molar-refractivity contribution >= 4 is 5.78 Å². The monoisotopic (exact) mass is 285 g/mol. The Morgan fingerprint density at radius 2 is 2.10 bits per heavy atom. The van der Waals surface area contributed by atoms with Gasteiger partial charge in [0.15, 0.2) is 5.79 Å². The van der Waals surface area contributed by atoms with Crippen molar-refractivity contribution in [1.29, 1.82) is 0 Å². The summed E-state index contributed by atoms with van der Waals surface area (Å²) < 4.78 is 5.91. The average Bonchev–Trinajstić information content (AvgIpc) is 2.39. The summed E-state index contributed by atoms with van der Waals surface area (Å²) in [5, 5.41) is 10.6. The summed E-state index contributed by atoms with van der Waals surface area (Å²) in [7, 11) is 0. The van der Waals surface area contributed by atoms with Gasteiger partial charge in [0.1, 0.15) is 5.78 Å². The molecule has 20 heavy (non-hydrogen) atoms. The van der Waals surface area contributed by atoms with Crippen LogP contribution in [0.2, 0.25) is 0 Å². The lowest BCUT2D eigenvalue weighted by molar-refractivity contribution is -0.258. The average molecular weight is 285 g/mol. The molecule has 0 spiro atoms. The largest absolute Gasteiger partial charge is 0.365 e. The molecule has 118 valence electrons. The molecule has 2 atom stereocenters. The van der Waals surface area contributed by atoms with E-state index < -0.39 is 5.79 Å². The summed E-state index contributed by atoms with van der Waals surface area (Å²) in [6.45, 7) is 8.80. The molecule has 4 nitrogen and oxygen atoms in total. The molecule has 0 unspecified atom stereocenters. The normalized spacial score (nSPS) is 26.9. The third-order valence-electron chi connectivity index (χ3n) is 4.25. The molecule has 1 N–H and O–H groups in total. The maximum absolute atomic E-state index is 11.0. The Hall–Kier alpha value is -0.450. The van der Waals surface area contributed by atoms with Crippen LogP contribution >= 0.6 is 0 Å². The molecule has 0 saturated carbocycles. The van der Waals surface area contributed by atoms with Crippen molar-refractivity contribution in [2.45, 2.75) is 77.6 Å². The van der Waals surface area contributed by atoms with Gasteiger partial charge in [-0.05, 0) is 45.7 Å². The van der Waals surface area contributed by atoms with E-state index in [1.807, 2.05) is 0 Å². The highest BCUT2D eigenvalue weighted by molar-refractivity contribution is 5.75. The molecule has 1 rings (SSSR count). The highest BCUT2D eigenvalue weighted by Crippen LogP contribution is 2.31. The lowest BCUT2D eigenvalue weighted by Gasteiger charge is -2.38. The van der Waals surface area contributed by atoms with E-state index in [1.165, 1.54) is 0 Å². The second-order valence-corrected chi connectivity index (χ2v) is 5.95. The van der Waals surface area contributed by atoms with Crippen LogP contribution in [0.25, 0.3) is 0 Å². The minimum absolute atomic E-state index is 0.116. The quantitative estimate of drug-likeness (QED) is 0.707. The number of nitrogens with zero attached hydrogens (tertiary/aromatic N) is 1. The van der Waals surface area contributed by atoms with Crippen LogP contribution in [0.15, 0.2) is 0 Å². The SMILES string of the molecule is CCN(CC)CC[C@]1(O)CCC[C@H](CCCC(C)=O)O1. The van der Waals surface area contributed by atoms with Crippen molar-refractivity contribution in [2.75, 3.05) is 19.6 Å². The van der Waals surface area contributed by atoms with E-state index in [2.05, 4.69) is 18.7 Å². The van der Waals surface area contributed by atoms with E-state index in [9.17, 15) is 9.90 Å². The van der Waals surface area contributed by atoms with Gasteiger partial charge >= 0.3 is 0 Å². The summed E-state index contributed by atoms with van der Waals surface area (Å²) in [5.41, 5.74) is 0. The van der Waals surface area contributed by atoms with E-state index >= 15 is 0 Å². The third-order valence-corrected chi connectivity index (χ3v) is 4.25. The fourth-order valence-corrected chi connectivity index (χ4v) is 2.87. The molecule has 0 bridgehead atoms. The zero-order valence-corrected chi connectivity index (χ0v) is 13.4. The maximum Gasteiger partial charge on any atom is 0.167 e. The molecular weight excluding hydrogens is 254 g/mol. The number of hydrogen-bond donors (Lipinski definition) is 1. The van der Waals surface area contributed by atoms with Crippen molar-refractivity contribution in [3.63, 3.8) is 0 Å². The number of carbonyl (C=O) groups excluding carboxylic acids is 1. The lowest BCUT2D eigenvalue weighted by Crippen LogP contribution is -2.43. The van der Waals surface area contributed by atoms with Crippen LogP contribution < -0.4 is 0 Å². The zero-order chi connectivity index (χ0) is 15.0. The molecule has 1 aliphatic heterocycles. The Balaban J connectivity index is 2.35. The van der Waals surface area contributed by atoms with Crippen LogP contribution in [-0.4, -0.2) is 47.3 Å². The van der Waals surface area contributed by atoms with Gasteiger partial charge in [-0.15, -0.1) is 0 Å². The molecule has 0 aliphatic carbocycles. The number of hydrogen-bond acceptors (Lipinski definition) is 4. The maximum atomic E-state index is 11.0. The highest BCUT2D eigenvalue weighted by Gasteiger charge is 2.34. The second kappa shape index (κ2) is 8.75. The van der Waals surface area contributed by atoms with Crippen LogP contribution in [0.3, 0.4) is 0 Å². The molecular formula is C16H31NO3. The highest BCUT2D eigenvalue weighted by atomic mass is 16.6. The van der Waals surface area contributed by atoms with Crippen LogP contribution in [0, 0.1) is 0 Å². The molecule has 1 fully saturated rings. The molecule has 0 radical (unpaired) electrons. The molecule has 0 aromatic rings. The fourth-order valence-electron chi connectivity index (χ4n) is 2.87. The first kappa shape index (κ1) is 17.6. The molecule has 0 aromatic heterocycles. The van der Waals surface area contributed by atoms with Crippen molar-refractivity contribution < 1.29 is 14.6 Å². The van der Waals surface area contributed by atoms with Crippen LogP contribution in [0.5, 0.6) is 0 Å². The number of Topliss-reactive ketones (excluding diaryl/α,β-unsaturated/α-hetero) is 1. The van der Waals surface area contributed by atoms with Gasteiger partial charge in [-0.2, -0.15) is 0 Å². The van der Waals surface area contributed by atoms with Gasteiger partial charge in [-0.25, -0.2) is 0 Å². The van der Waals surface area contributed by atoms with Crippen molar-refractivity contribution in [1.82, 2.24) is 4.90 Å². The van der Waals surface area contributed by atoms with Gasteiger partial charge in [0.05, 0.1) is 6.10 Å². The van der Waals surface area contributed by atoms with Crippen molar-refractivity contribution in [3.05, 3.63) is 0 Å². The standard InChI is InChI=1S/C16H31NO3/c1-4-17(5-2)13-12-16(19)11-7-10-15(20-16)9-6-8-14(3)18/h15,19H,4-13H2,1-3H3/t15-,16-/m0/s1. The van der Waals surface area contributed by atoms with Crippen molar-refractivity contribution in [3.8, 4) is 0 Å². The van der Waals surface area contributed by atoms with E-state index in [-0.39, 0.29) is 11.9 Å². The van der Waals surface area contributed by atoms with Gasteiger partial charge in [0, 0.05) is 25.8 Å². The van der Waals surface area contributed by atoms with Crippen LogP contribution in [0.1, 0.15) is 65.7 Å². The molecule has 0 aromatic carbocycles. The zero-order valence-electron chi connectivity index (χ0n) is 13.4. The van der Waals surface area contributed by atoms with E-state index in [1.54, 1.807) is 6.92 Å². The van der Waals surface area contributed by atoms with Gasteiger partial charge in [0.25, 0.3) is 0 Å². The summed E-state index contributed by atoms with van der Waals surface area (Å²) in [4.78, 5) is 13.3. The second-order valence-electron chi connectivity index (χ2n) is 5.95. The Morgan fingerprint density at radius 3 is 2.70 bits per heavy atom. The fraction of sp³-hybridized carbons (Fsp3) is 0.938. The molecule has 1 aliphatic rings. The first-order valence-electron chi connectivity index (χ1n) is 8.11. The number of carbonyl (C=O) groups is 1. The number of ether oxygens (including phenoxy) is 1. The predicted molar refractivity (Wildman–Crippen MR) is 80.6 cm³/mol. The smallest absolute Gasteiger partial charge is 0.167 e. The summed E-state index contributed by atoms with van der Waals surface area (Å²) in [6, 6.07) is 0. The number of rotatable bonds is 9. The summed E-state index contributed by atoms with van der Waals surface area (Å²) in [5.74, 6) is -0.723. The van der Waals surface area contributed by atoms with Crippen LogP contribution in [0.4, 0.5) is 0 Å². The molecule has 1 saturated heterocycles. The first-order chi connectivity index (χ1) is 9.49. The topological polar surface area (TPSA) is 49.8 Å². The number of aliphatic hydroxyl groups is 1. The van der Waals surface area contributed by atoms with Gasteiger partial charge < -0.3 is 19.5 Å². The minimum atomic E-state index is -0.957. The minimum Gasteiger partial charge on any atom is -0.365 e. The van der Waals surface area contributed by atoms with Crippen LogP contribution in [-0.2, 0) is 9.53 Å². The Morgan fingerprint density at radius 1 is 1.40 bits per heavy atom. The lowest BCUT2D eigenvalue weighted by atomic mass is 9.95. The Kier molecular flexibility index (Phi) is 7.70. The molecule has 1 heterocycles. The number of ketones is 1. The predicted octanol–water partition coefficient (Wildman–Crippen LogP) is 2.74. The van der Waals surface area contributed by atoms with Gasteiger partial charge in [-0.1, -0.05) is 13.8 Å². The first-order valence-corrected chi connectivity index (χ1v) is 8.11. The Labute approximate surface area is 123 Å². The summed E-state index contributed by atoms with van der Waals surface area (Å²) in [6.07, 6.45) is 5.92. The van der Waals surface area contributed by atoms with E-state index in [4.69, 9.17) is 4.74 Å². The molecule has 4 heteroatoms. The van der Waals surface area contributed by atoms with E-state index in [0.717, 1.165) is 51.7 Å². The Bertz CT molecular complexity index is 291. The van der Waals surface area contributed by atoms with Gasteiger partial charge in [-0.3, -0.25) is 0 Å². The van der Waals surface area contributed by atoms with Crippen molar-refractivity contribution in [2.24, 2.45) is 0 Å². The third kappa shape index (κ3) is 6.33. The van der Waals surface area contributed by atoms with Gasteiger partial charge in [0.2, 0.25) is 0 Å². The summed E-state index contributed by atoms with van der Waals surface area (Å²) >= 11 is 0. The van der Waals surface area contributed by atoms with E-state index in [0.29, 0.717) is 12.8 Å². The molecule has 0 amide bonds.